The maximum Gasteiger partial charge on any atom is 0.401 e. The van der Waals surface area contributed by atoms with Gasteiger partial charge < -0.3 is 5.32 Å². The van der Waals surface area contributed by atoms with Gasteiger partial charge in [-0.05, 0) is 30.2 Å². The quantitative estimate of drug-likeness (QED) is 0.774. The van der Waals surface area contributed by atoms with Crippen LogP contribution in [0.1, 0.15) is 11.1 Å². The van der Waals surface area contributed by atoms with E-state index in [1.165, 1.54) is 12.1 Å². The van der Waals surface area contributed by atoms with Crippen molar-refractivity contribution < 1.29 is 17.6 Å². The predicted octanol–water partition coefficient (Wildman–Crippen LogP) is 2.79. The number of hydrogen-bond donors (Lipinski definition) is 1. The molecular formula is C10H11F4N. The molecular weight excluding hydrogens is 210 g/mol. The van der Waals surface area contributed by atoms with Gasteiger partial charge in [0.05, 0.1) is 6.54 Å². The lowest BCUT2D eigenvalue weighted by atomic mass is 10.1. The van der Waals surface area contributed by atoms with Crippen LogP contribution in [0.25, 0.3) is 0 Å². The van der Waals surface area contributed by atoms with Crippen molar-refractivity contribution in [3.63, 3.8) is 0 Å². The standard InChI is InChI=1S/C10H11F4N/c1-7-2-8(4-9(11)3-7)5-15-6-10(12,13)14/h2-4,15H,5-6H2,1H3. The number of alkyl halides is 3. The second-order valence-corrected chi connectivity index (χ2v) is 3.36. The number of benzene rings is 1. The minimum Gasteiger partial charge on any atom is -0.305 e. The first kappa shape index (κ1) is 12.0. The van der Waals surface area contributed by atoms with Gasteiger partial charge in [0.2, 0.25) is 0 Å². The molecule has 1 rings (SSSR count). The molecule has 84 valence electrons. The molecule has 0 bridgehead atoms. The van der Waals surface area contributed by atoms with Crippen LogP contribution in [-0.4, -0.2) is 12.7 Å². The normalized spacial score (nSPS) is 11.8. The molecule has 0 aliphatic carbocycles. The number of rotatable bonds is 3. The molecule has 1 nitrogen and oxygen atoms in total. The lowest BCUT2D eigenvalue weighted by Crippen LogP contribution is -2.28. The van der Waals surface area contributed by atoms with E-state index in [1.807, 2.05) is 0 Å². The van der Waals surface area contributed by atoms with Crippen LogP contribution in [0.5, 0.6) is 0 Å². The zero-order valence-electron chi connectivity index (χ0n) is 8.16. The smallest absolute Gasteiger partial charge is 0.305 e. The molecule has 0 aliphatic rings. The van der Waals surface area contributed by atoms with Gasteiger partial charge in [0.25, 0.3) is 0 Å². The third-order valence-electron chi connectivity index (χ3n) is 1.76. The Hall–Kier alpha value is -1.10. The molecule has 0 aliphatic heterocycles. The van der Waals surface area contributed by atoms with E-state index >= 15 is 0 Å². The highest BCUT2D eigenvalue weighted by molar-refractivity contribution is 5.23. The zero-order valence-corrected chi connectivity index (χ0v) is 8.16. The molecule has 0 saturated heterocycles. The van der Waals surface area contributed by atoms with Crippen LogP contribution in [0.2, 0.25) is 0 Å². The summed E-state index contributed by atoms with van der Waals surface area (Å²) in [5.74, 6) is -0.432. The molecule has 0 radical (unpaired) electrons. The Labute approximate surface area is 85.1 Å². The molecule has 0 spiro atoms. The highest BCUT2D eigenvalue weighted by Gasteiger charge is 2.25. The molecule has 0 heterocycles. The van der Waals surface area contributed by atoms with E-state index in [0.29, 0.717) is 11.1 Å². The Kier molecular flexibility index (Phi) is 3.68. The lowest BCUT2D eigenvalue weighted by molar-refractivity contribution is -0.125. The van der Waals surface area contributed by atoms with E-state index in [-0.39, 0.29) is 6.54 Å². The third-order valence-corrected chi connectivity index (χ3v) is 1.76. The molecule has 15 heavy (non-hydrogen) atoms. The topological polar surface area (TPSA) is 12.0 Å². The first-order valence-electron chi connectivity index (χ1n) is 4.40. The Morgan fingerprint density at radius 2 is 1.87 bits per heavy atom. The van der Waals surface area contributed by atoms with Crippen LogP contribution in [0.4, 0.5) is 17.6 Å². The number of aryl methyl sites for hydroxylation is 1. The van der Waals surface area contributed by atoms with Gasteiger partial charge in [-0.3, -0.25) is 0 Å². The van der Waals surface area contributed by atoms with Crippen LogP contribution in [0, 0.1) is 12.7 Å². The van der Waals surface area contributed by atoms with Crippen molar-refractivity contribution in [2.45, 2.75) is 19.6 Å². The number of nitrogens with one attached hydrogen (secondary N) is 1. The second-order valence-electron chi connectivity index (χ2n) is 3.36. The molecule has 0 saturated carbocycles. The molecule has 5 heteroatoms. The summed E-state index contributed by atoms with van der Waals surface area (Å²) >= 11 is 0. The van der Waals surface area contributed by atoms with Gasteiger partial charge in [0.1, 0.15) is 5.82 Å². The maximum atomic E-state index is 12.8. The molecule has 1 aromatic carbocycles. The minimum absolute atomic E-state index is 0.0120. The number of halogens is 4. The molecule has 1 N–H and O–H groups in total. The molecule has 1 aromatic rings. The monoisotopic (exact) mass is 221 g/mol. The highest BCUT2D eigenvalue weighted by atomic mass is 19.4. The van der Waals surface area contributed by atoms with E-state index in [0.717, 1.165) is 0 Å². The maximum absolute atomic E-state index is 12.8. The van der Waals surface area contributed by atoms with Crippen molar-refractivity contribution in [3.8, 4) is 0 Å². The first-order valence-corrected chi connectivity index (χ1v) is 4.40. The van der Waals surface area contributed by atoms with Gasteiger partial charge in [-0.25, -0.2) is 4.39 Å². The lowest BCUT2D eigenvalue weighted by Gasteiger charge is -2.08. The van der Waals surface area contributed by atoms with Gasteiger partial charge in [0, 0.05) is 6.54 Å². The Bertz CT molecular complexity index is 312. The van der Waals surface area contributed by atoms with Gasteiger partial charge in [-0.1, -0.05) is 6.07 Å². The number of hydrogen-bond acceptors (Lipinski definition) is 1. The Balaban J connectivity index is 2.51. The average Bonchev–Trinajstić information content (AvgIpc) is 1.99. The summed E-state index contributed by atoms with van der Waals surface area (Å²) in [5, 5.41) is 2.20. The zero-order chi connectivity index (χ0) is 11.5. The summed E-state index contributed by atoms with van der Waals surface area (Å²) in [6.45, 7) is 0.636. The predicted molar refractivity (Wildman–Crippen MR) is 48.9 cm³/mol. The van der Waals surface area contributed by atoms with Crippen LogP contribution in [-0.2, 0) is 6.54 Å². The average molecular weight is 221 g/mol. The molecule has 0 aromatic heterocycles. The van der Waals surface area contributed by atoms with Gasteiger partial charge in [0.15, 0.2) is 0 Å². The van der Waals surface area contributed by atoms with Gasteiger partial charge >= 0.3 is 6.18 Å². The largest absolute Gasteiger partial charge is 0.401 e. The first-order chi connectivity index (χ1) is 6.87. The van der Waals surface area contributed by atoms with E-state index in [2.05, 4.69) is 5.32 Å². The van der Waals surface area contributed by atoms with E-state index in [4.69, 9.17) is 0 Å². The van der Waals surface area contributed by atoms with Crippen molar-refractivity contribution in [1.82, 2.24) is 5.32 Å². The summed E-state index contributed by atoms with van der Waals surface area (Å²) in [6.07, 6.45) is -4.23. The van der Waals surface area contributed by atoms with E-state index in [9.17, 15) is 17.6 Å². The second kappa shape index (κ2) is 4.61. The molecule has 0 amide bonds. The van der Waals surface area contributed by atoms with Crippen LogP contribution >= 0.6 is 0 Å². The van der Waals surface area contributed by atoms with E-state index in [1.54, 1.807) is 13.0 Å². The third kappa shape index (κ3) is 4.78. The fourth-order valence-electron chi connectivity index (χ4n) is 1.26. The summed E-state index contributed by atoms with van der Waals surface area (Å²) in [5.41, 5.74) is 1.20. The van der Waals surface area contributed by atoms with Crippen molar-refractivity contribution in [3.05, 3.63) is 35.1 Å². The van der Waals surface area contributed by atoms with E-state index < -0.39 is 18.5 Å². The van der Waals surface area contributed by atoms with Crippen molar-refractivity contribution in [1.29, 1.82) is 0 Å². The summed E-state index contributed by atoms with van der Waals surface area (Å²) in [4.78, 5) is 0. The van der Waals surface area contributed by atoms with Crippen molar-refractivity contribution in [2.24, 2.45) is 0 Å². The summed E-state index contributed by atoms with van der Waals surface area (Å²) in [7, 11) is 0. The fourth-order valence-corrected chi connectivity index (χ4v) is 1.26. The van der Waals surface area contributed by atoms with Crippen molar-refractivity contribution in [2.75, 3.05) is 6.54 Å². The van der Waals surface area contributed by atoms with Crippen LogP contribution in [0.3, 0.4) is 0 Å². The highest BCUT2D eigenvalue weighted by Crippen LogP contribution is 2.13. The fraction of sp³-hybridized carbons (Fsp3) is 0.400. The molecule has 0 atom stereocenters. The van der Waals surface area contributed by atoms with Crippen molar-refractivity contribution >= 4 is 0 Å². The van der Waals surface area contributed by atoms with Crippen LogP contribution in [0.15, 0.2) is 18.2 Å². The molecule has 0 unspecified atom stereocenters. The minimum atomic E-state index is -4.23. The van der Waals surface area contributed by atoms with Gasteiger partial charge in [-0.15, -0.1) is 0 Å². The van der Waals surface area contributed by atoms with Gasteiger partial charge in [-0.2, -0.15) is 13.2 Å². The molecule has 0 fully saturated rings. The Morgan fingerprint density at radius 1 is 1.20 bits per heavy atom. The summed E-state index contributed by atoms with van der Waals surface area (Å²) in [6, 6.07) is 4.19. The SMILES string of the molecule is Cc1cc(F)cc(CNCC(F)(F)F)c1. The Morgan fingerprint density at radius 3 is 2.40 bits per heavy atom. The summed E-state index contributed by atoms with van der Waals surface area (Å²) < 4.78 is 48.2. The van der Waals surface area contributed by atoms with Crippen LogP contribution < -0.4 is 5.32 Å².